The lowest BCUT2D eigenvalue weighted by Gasteiger charge is -2.04. The standard InChI is InChI=1S/C22H12N2OS/c26-13-23-15-11-9-14(10-12-15)22-24-20-18-7-3-1-5-16(18)17-6-2-4-8-19(17)21(20)25-22/h1-12H. The largest absolute Gasteiger partial charge is 0.435 e. The van der Waals surface area contributed by atoms with Gasteiger partial charge >= 0.3 is 0 Å². The number of hydrogen-bond donors (Lipinski definition) is 0. The van der Waals surface area contributed by atoms with E-state index in [0.29, 0.717) is 5.89 Å². The highest BCUT2D eigenvalue weighted by Crippen LogP contribution is 2.37. The summed E-state index contributed by atoms with van der Waals surface area (Å²) in [5, 5.41) is 6.89. The average molecular weight is 352 g/mol. The molecule has 4 heteroatoms. The zero-order valence-corrected chi connectivity index (χ0v) is 14.5. The average Bonchev–Trinajstić information content (AvgIpc) is 3.15. The molecule has 0 aliphatic rings. The fourth-order valence-electron chi connectivity index (χ4n) is 3.38. The van der Waals surface area contributed by atoms with E-state index in [4.69, 9.17) is 9.40 Å². The first-order valence-corrected chi connectivity index (χ1v) is 8.64. The molecule has 122 valence electrons. The summed E-state index contributed by atoms with van der Waals surface area (Å²) < 4.78 is 6.20. The molecule has 5 rings (SSSR count). The predicted molar refractivity (Wildman–Crippen MR) is 109 cm³/mol. The van der Waals surface area contributed by atoms with Crippen LogP contribution in [0.2, 0.25) is 0 Å². The number of rotatable bonds is 2. The first-order valence-electron chi connectivity index (χ1n) is 8.23. The van der Waals surface area contributed by atoms with Crippen LogP contribution in [0.25, 0.3) is 44.1 Å². The van der Waals surface area contributed by atoms with Gasteiger partial charge in [0.15, 0.2) is 5.58 Å². The van der Waals surface area contributed by atoms with Crippen molar-refractivity contribution in [2.24, 2.45) is 4.99 Å². The highest BCUT2D eigenvalue weighted by Gasteiger charge is 2.15. The Bertz CT molecular complexity index is 1260. The van der Waals surface area contributed by atoms with Gasteiger partial charge in [0.1, 0.15) is 5.52 Å². The van der Waals surface area contributed by atoms with Crippen molar-refractivity contribution in [1.29, 1.82) is 0 Å². The summed E-state index contributed by atoms with van der Waals surface area (Å²) in [7, 11) is 0. The molecular weight excluding hydrogens is 340 g/mol. The number of aromatic nitrogens is 1. The van der Waals surface area contributed by atoms with Crippen molar-refractivity contribution in [3.63, 3.8) is 0 Å². The number of thiocarbonyl (C=S) groups is 1. The van der Waals surface area contributed by atoms with Gasteiger partial charge in [-0.25, -0.2) is 4.98 Å². The van der Waals surface area contributed by atoms with E-state index in [-0.39, 0.29) is 0 Å². The van der Waals surface area contributed by atoms with Gasteiger partial charge in [0.05, 0.1) is 10.8 Å². The van der Waals surface area contributed by atoms with Gasteiger partial charge in [-0.3, -0.25) is 0 Å². The Balaban J connectivity index is 1.83. The molecule has 0 amide bonds. The molecule has 0 bridgehead atoms. The first kappa shape index (κ1) is 15.0. The summed E-state index contributed by atoms with van der Waals surface area (Å²) in [6.07, 6.45) is 0. The van der Waals surface area contributed by atoms with Gasteiger partial charge in [0, 0.05) is 16.3 Å². The van der Waals surface area contributed by atoms with Gasteiger partial charge in [-0.1, -0.05) is 48.5 Å². The molecule has 26 heavy (non-hydrogen) atoms. The van der Waals surface area contributed by atoms with Crippen LogP contribution >= 0.6 is 12.2 Å². The molecule has 0 spiro atoms. The van der Waals surface area contributed by atoms with E-state index in [9.17, 15) is 0 Å². The zero-order chi connectivity index (χ0) is 17.5. The van der Waals surface area contributed by atoms with Crippen LogP contribution in [0, 0.1) is 0 Å². The molecule has 0 atom stereocenters. The summed E-state index contributed by atoms with van der Waals surface area (Å²) >= 11 is 4.65. The summed E-state index contributed by atoms with van der Waals surface area (Å²) in [5.74, 6) is 0.597. The van der Waals surface area contributed by atoms with Gasteiger partial charge in [-0.05, 0) is 47.3 Å². The summed E-state index contributed by atoms with van der Waals surface area (Å²) in [6.45, 7) is 0. The third-order valence-electron chi connectivity index (χ3n) is 4.56. The Kier molecular flexibility index (Phi) is 3.39. The Morgan fingerprint density at radius 2 is 1.38 bits per heavy atom. The molecular formula is C22H12N2OS. The lowest BCUT2D eigenvalue weighted by molar-refractivity contribution is 0.623. The number of hydrogen-bond acceptors (Lipinski definition) is 4. The van der Waals surface area contributed by atoms with Crippen molar-refractivity contribution in [3.05, 3.63) is 72.8 Å². The fraction of sp³-hybridized carbons (Fsp3) is 0. The highest BCUT2D eigenvalue weighted by molar-refractivity contribution is 7.78. The fourth-order valence-corrected chi connectivity index (χ4v) is 3.49. The zero-order valence-electron chi connectivity index (χ0n) is 13.6. The van der Waals surface area contributed by atoms with Crippen LogP contribution in [-0.4, -0.2) is 10.1 Å². The first-order chi connectivity index (χ1) is 12.8. The molecule has 5 aromatic rings. The van der Waals surface area contributed by atoms with Crippen molar-refractivity contribution in [2.45, 2.75) is 0 Å². The monoisotopic (exact) mass is 352 g/mol. The number of oxazole rings is 1. The Labute approximate surface area is 154 Å². The van der Waals surface area contributed by atoms with E-state index >= 15 is 0 Å². The SMILES string of the molecule is S=C=Nc1ccc(-c2nc3c4ccccc4c4ccccc4c3o2)cc1. The van der Waals surface area contributed by atoms with Crippen molar-refractivity contribution >= 4 is 55.7 Å². The summed E-state index contributed by atoms with van der Waals surface area (Å²) in [5.41, 5.74) is 3.36. The maximum absolute atomic E-state index is 6.20. The maximum atomic E-state index is 6.20. The van der Waals surface area contributed by atoms with E-state index in [1.165, 1.54) is 10.8 Å². The molecule has 3 nitrogen and oxygen atoms in total. The lowest BCUT2D eigenvalue weighted by Crippen LogP contribution is -1.80. The molecule has 0 saturated heterocycles. The van der Waals surface area contributed by atoms with Crippen LogP contribution in [-0.2, 0) is 0 Å². The van der Waals surface area contributed by atoms with E-state index in [1.807, 2.05) is 42.5 Å². The Morgan fingerprint density at radius 1 is 0.769 bits per heavy atom. The summed E-state index contributed by atoms with van der Waals surface area (Å²) in [6, 6.07) is 24.2. The van der Waals surface area contributed by atoms with E-state index in [1.54, 1.807) is 0 Å². The van der Waals surface area contributed by atoms with Crippen molar-refractivity contribution in [1.82, 2.24) is 4.98 Å². The van der Waals surface area contributed by atoms with Crippen LogP contribution in [0.4, 0.5) is 5.69 Å². The number of benzene rings is 4. The number of aliphatic imine (C=N–C) groups is 1. The van der Waals surface area contributed by atoms with Gasteiger partial charge in [-0.15, -0.1) is 0 Å². The smallest absolute Gasteiger partial charge is 0.227 e. The molecule has 0 aliphatic heterocycles. The van der Waals surface area contributed by atoms with Crippen LogP contribution in [0.5, 0.6) is 0 Å². The third kappa shape index (κ3) is 2.25. The number of fused-ring (bicyclic) bond motifs is 6. The van der Waals surface area contributed by atoms with Crippen LogP contribution < -0.4 is 0 Å². The molecule has 0 radical (unpaired) electrons. The molecule has 0 aliphatic carbocycles. The third-order valence-corrected chi connectivity index (χ3v) is 4.65. The Hall–Kier alpha value is -3.33. The normalized spacial score (nSPS) is 11.1. The van der Waals surface area contributed by atoms with Gasteiger partial charge in [0.2, 0.25) is 5.89 Å². The minimum absolute atomic E-state index is 0.597. The minimum Gasteiger partial charge on any atom is -0.435 e. The van der Waals surface area contributed by atoms with Gasteiger partial charge in [0.25, 0.3) is 0 Å². The van der Waals surface area contributed by atoms with Crippen molar-refractivity contribution in [2.75, 3.05) is 0 Å². The molecule has 0 N–H and O–H groups in total. The molecule has 0 saturated carbocycles. The second kappa shape index (κ2) is 5.88. The topological polar surface area (TPSA) is 38.4 Å². The van der Waals surface area contributed by atoms with Crippen molar-refractivity contribution < 1.29 is 4.42 Å². The van der Waals surface area contributed by atoms with Crippen LogP contribution in [0.3, 0.4) is 0 Å². The van der Waals surface area contributed by atoms with Crippen LogP contribution in [0.15, 0.2) is 82.2 Å². The second-order valence-electron chi connectivity index (χ2n) is 6.04. The number of nitrogens with zero attached hydrogens (tertiary/aromatic N) is 2. The number of isothiocyanates is 1. The highest BCUT2D eigenvalue weighted by atomic mass is 32.1. The Morgan fingerprint density at radius 3 is 2.08 bits per heavy atom. The minimum atomic E-state index is 0.597. The van der Waals surface area contributed by atoms with Crippen LogP contribution in [0.1, 0.15) is 0 Å². The van der Waals surface area contributed by atoms with Gasteiger partial charge < -0.3 is 4.42 Å². The van der Waals surface area contributed by atoms with E-state index in [2.05, 4.69) is 52.7 Å². The predicted octanol–water partition coefficient (Wildman–Crippen LogP) is 6.54. The van der Waals surface area contributed by atoms with E-state index in [0.717, 1.165) is 33.1 Å². The van der Waals surface area contributed by atoms with Crippen molar-refractivity contribution in [3.8, 4) is 11.5 Å². The molecule has 4 aromatic carbocycles. The van der Waals surface area contributed by atoms with E-state index < -0.39 is 0 Å². The molecule has 0 fully saturated rings. The quantitative estimate of drug-likeness (QED) is 0.206. The second-order valence-corrected chi connectivity index (χ2v) is 6.22. The summed E-state index contributed by atoms with van der Waals surface area (Å²) in [4.78, 5) is 8.78. The molecule has 1 aromatic heterocycles. The molecule has 0 unspecified atom stereocenters. The maximum Gasteiger partial charge on any atom is 0.227 e. The van der Waals surface area contributed by atoms with Gasteiger partial charge in [-0.2, -0.15) is 4.99 Å². The molecule has 1 heterocycles. The lowest BCUT2D eigenvalue weighted by atomic mass is 10.0.